The largest absolute Gasteiger partial charge is 0.399 e. The van der Waals surface area contributed by atoms with Gasteiger partial charge in [0.2, 0.25) is 0 Å². The molecule has 0 amide bonds. The third-order valence-electron chi connectivity index (χ3n) is 4.05. The summed E-state index contributed by atoms with van der Waals surface area (Å²) in [6.07, 6.45) is 4.13. The van der Waals surface area contributed by atoms with Crippen LogP contribution in [0.1, 0.15) is 12.5 Å². The highest BCUT2D eigenvalue weighted by Crippen LogP contribution is 2.18. The Morgan fingerprint density at radius 2 is 1.81 bits per heavy atom. The molecule has 3 rings (SSSR count). The lowest BCUT2D eigenvalue weighted by atomic mass is 10.2. The van der Waals surface area contributed by atoms with Crippen LogP contribution in [0.5, 0.6) is 0 Å². The van der Waals surface area contributed by atoms with E-state index in [1.807, 2.05) is 23.0 Å². The number of anilines is 2. The Kier molecular flexibility index (Phi) is 4.10. The molecule has 1 fully saturated rings. The molecular formula is C16H23N5. The van der Waals surface area contributed by atoms with E-state index in [-0.39, 0.29) is 0 Å². The Morgan fingerprint density at radius 1 is 1.10 bits per heavy atom. The fourth-order valence-electron chi connectivity index (χ4n) is 2.77. The summed E-state index contributed by atoms with van der Waals surface area (Å²) in [4.78, 5) is 4.91. The minimum atomic E-state index is 0.824. The van der Waals surface area contributed by atoms with Crippen LogP contribution in [0.3, 0.4) is 0 Å². The van der Waals surface area contributed by atoms with Gasteiger partial charge in [0, 0.05) is 62.4 Å². The third-order valence-corrected chi connectivity index (χ3v) is 4.05. The van der Waals surface area contributed by atoms with Crippen molar-refractivity contribution in [3.8, 4) is 0 Å². The number of piperazine rings is 1. The van der Waals surface area contributed by atoms with Gasteiger partial charge in [0.1, 0.15) is 0 Å². The number of nitrogens with zero attached hydrogens (tertiary/aromatic N) is 4. The summed E-state index contributed by atoms with van der Waals surface area (Å²) in [7, 11) is 0. The van der Waals surface area contributed by atoms with Crippen molar-refractivity contribution in [1.82, 2.24) is 14.7 Å². The first-order valence-electron chi connectivity index (χ1n) is 7.59. The van der Waals surface area contributed by atoms with Crippen molar-refractivity contribution in [1.29, 1.82) is 0 Å². The molecule has 0 spiro atoms. The van der Waals surface area contributed by atoms with Crippen molar-refractivity contribution < 1.29 is 0 Å². The normalized spacial score (nSPS) is 16.3. The third kappa shape index (κ3) is 3.36. The highest BCUT2D eigenvalue weighted by atomic mass is 15.3. The lowest BCUT2D eigenvalue weighted by Crippen LogP contribution is -2.45. The Bertz CT molecular complexity index is 567. The average molecular weight is 285 g/mol. The molecule has 2 aromatic rings. The van der Waals surface area contributed by atoms with Crippen molar-refractivity contribution >= 4 is 11.4 Å². The second kappa shape index (κ2) is 6.18. The summed E-state index contributed by atoms with van der Waals surface area (Å²) in [6, 6.07) is 8.16. The van der Waals surface area contributed by atoms with Crippen LogP contribution in [0.4, 0.5) is 11.4 Å². The first-order valence-corrected chi connectivity index (χ1v) is 7.59. The van der Waals surface area contributed by atoms with E-state index in [9.17, 15) is 0 Å². The average Bonchev–Trinajstić information content (AvgIpc) is 2.97. The Hall–Kier alpha value is -2.01. The van der Waals surface area contributed by atoms with Gasteiger partial charge in [-0.3, -0.25) is 9.58 Å². The van der Waals surface area contributed by atoms with Crippen molar-refractivity contribution in [3.63, 3.8) is 0 Å². The van der Waals surface area contributed by atoms with Gasteiger partial charge in [-0.25, -0.2) is 0 Å². The van der Waals surface area contributed by atoms with E-state index < -0.39 is 0 Å². The zero-order valence-electron chi connectivity index (χ0n) is 12.6. The molecule has 1 aromatic carbocycles. The van der Waals surface area contributed by atoms with Crippen LogP contribution in [0.15, 0.2) is 36.7 Å². The number of hydrogen-bond acceptors (Lipinski definition) is 4. The molecule has 0 unspecified atom stereocenters. The minimum Gasteiger partial charge on any atom is -0.399 e. The zero-order valence-corrected chi connectivity index (χ0v) is 12.6. The molecule has 1 aromatic heterocycles. The van der Waals surface area contributed by atoms with Crippen LogP contribution in [0.25, 0.3) is 0 Å². The second-order valence-electron chi connectivity index (χ2n) is 5.56. The maximum Gasteiger partial charge on any atom is 0.0534 e. The summed E-state index contributed by atoms with van der Waals surface area (Å²) >= 11 is 0. The number of hydrogen-bond donors (Lipinski definition) is 1. The van der Waals surface area contributed by atoms with Crippen LogP contribution in [-0.4, -0.2) is 40.9 Å². The molecule has 1 aliphatic rings. The number of rotatable bonds is 4. The molecule has 1 aliphatic heterocycles. The minimum absolute atomic E-state index is 0.824. The van der Waals surface area contributed by atoms with Crippen LogP contribution in [0, 0.1) is 0 Å². The van der Waals surface area contributed by atoms with Gasteiger partial charge >= 0.3 is 0 Å². The first kappa shape index (κ1) is 13.9. The van der Waals surface area contributed by atoms with Gasteiger partial charge in [-0.2, -0.15) is 5.10 Å². The summed E-state index contributed by atoms with van der Waals surface area (Å²) in [6.45, 7) is 8.34. The van der Waals surface area contributed by atoms with E-state index >= 15 is 0 Å². The Labute approximate surface area is 126 Å². The molecule has 0 bridgehead atoms. The number of aromatic nitrogens is 2. The predicted molar refractivity (Wildman–Crippen MR) is 86.2 cm³/mol. The smallest absolute Gasteiger partial charge is 0.0534 e. The SMILES string of the molecule is CCn1cc(CN2CCN(c3ccc(N)cc3)CC2)cn1. The van der Waals surface area contributed by atoms with Crippen molar-refractivity contribution in [2.24, 2.45) is 0 Å². The van der Waals surface area contributed by atoms with E-state index in [0.717, 1.165) is 45.0 Å². The first-order chi connectivity index (χ1) is 10.2. The number of nitrogen functional groups attached to an aromatic ring is 1. The van der Waals surface area contributed by atoms with Crippen molar-refractivity contribution in [2.45, 2.75) is 20.0 Å². The van der Waals surface area contributed by atoms with Gasteiger partial charge < -0.3 is 10.6 Å². The molecule has 21 heavy (non-hydrogen) atoms. The maximum atomic E-state index is 5.74. The highest BCUT2D eigenvalue weighted by molar-refractivity contribution is 5.53. The van der Waals surface area contributed by atoms with E-state index in [1.54, 1.807) is 0 Å². The fourth-order valence-corrected chi connectivity index (χ4v) is 2.77. The summed E-state index contributed by atoms with van der Waals surface area (Å²) in [5.41, 5.74) is 9.14. The van der Waals surface area contributed by atoms with Crippen molar-refractivity contribution in [3.05, 3.63) is 42.2 Å². The second-order valence-corrected chi connectivity index (χ2v) is 5.56. The van der Waals surface area contributed by atoms with Crippen LogP contribution < -0.4 is 10.6 Å². The van der Waals surface area contributed by atoms with E-state index in [1.165, 1.54) is 11.3 Å². The van der Waals surface area contributed by atoms with Crippen LogP contribution in [-0.2, 0) is 13.1 Å². The summed E-state index contributed by atoms with van der Waals surface area (Å²) in [5, 5.41) is 4.34. The Morgan fingerprint density at radius 3 is 2.43 bits per heavy atom. The standard InChI is InChI=1S/C16H23N5/c1-2-21-13-14(11-18-21)12-19-7-9-20(10-8-19)16-5-3-15(17)4-6-16/h3-6,11,13H,2,7-10,12,17H2,1H3. The fraction of sp³-hybridized carbons (Fsp3) is 0.438. The van der Waals surface area contributed by atoms with E-state index in [2.05, 4.69) is 40.2 Å². The van der Waals surface area contributed by atoms with Gasteiger partial charge in [-0.1, -0.05) is 0 Å². The van der Waals surface area contributed by atoms with E-state index in [4.69, 9.17) is 5.73 Å². The number of nitrogens with two attached hydrogens (primary N) is 1. The topological polar surface area (TPSA) is 50.3 Å². The number of benzene rings is 1. The maximum absolute atomic E-state index is 5.74. The molecule has 1 saturated heterocycles. The molecule has 5 heteroatoms. The predicted octanol–water partition coefficient (Wildman–Crippen LogP) is 1.81. The molecule has 0 radical (unpaired) electrons. The summed E-state index contributed by atoms with van der Waals surface area (Å²) in [5.74, 6) is 0. The van der Waals surface area contributed by atoms with Crippen LogP contribution in [0.2, 0.25) is 0 Å². The lowest BCUT2D eigenvalue weighted by Gasteiger charge is -2.36. The summed E-state index contributed by atoms with van der Waals surface area (Å²) < 4.78 is 1.99. The van der Waals surface area contributed by atoms with Gasteiger partial charge in [0.05, 0.1) is 6.20 Å². The van der Waals surface area contributed by atoms with E-state index in [0.29, 0.717) is 0 Å². The molecule has 5 nitrogen and oxygen atoms in total. The molecule has 112 valence electrons. The quantitative estimate of drug-likeness (QED) is 0.870. The van der Waals surface area contributed by atoms with Crippen LogP contribution >= 0.6 is 0 Å². The lowest BCUT2D eigenvalue weighted by molar-refractivity contribution is 0.250. The Balaban J connectivity index is 1.54. The van der Waals surface area contributed by atoms with Crippen molar-refractivity contribution in [2.75, 3.05) is 36.8 Å². The van der Waals surface area contributed by atoms with Gasteiger partial charge in [-0.05, 0) is 31.2 Å². The molecule has 0 saturated carbocycles. The molecule has 2 heterocycles. The van der Waals surface area contributed by atoms with Gasteiger partial charge in [0.15, 0.2) is 0 Å². The van der Waals surface area contributed by atoms with Gasteiger partial charge in [-0.15, -0.1) is 0 Å². The van der Waals surface area contributed by atoms with Gasteiger partial charge in [0.25, 0.3) is 0 Å². The highest BCUT2D eigenvalue weighted by Gasteiger charge is 2.17. The number of aryl methyl sites for hydroxylation is 1. The molecule has 0 aliphatic carbocycles. The molecule has 2 N–H and O–H groups in total. The zero-order chi connectivity index (χ0) is 14.7. The molecular weight excluding hydrogens is 262 g/mol. The monoisotopic (exact) mass is 285 g/mol. The molecule has 0 atom stereocenters.